The Morgan fingerprint density at radius 2 is 2.12 bits per heavy atom. The van der Waals surface area contributed by atoms with Gasteiger partial charge in [0.2, 0.25) is 6.29 Å². The molecule has 1 fully saturated rings. The molecule has 0 aromatic heterocycles. The number of esters is 1. The molecule has 0 saturated carbocycles. The Bertz CT molecular complexity index is 429. The van der Waals surface area contributed by atoms with E-state index in [4.69, 9.17) is 19.5 Å². The molecule has 0 aliphatic carbocycles. The van der Waals surface area contributed by atoms with Gasteiger partial charge in [0.05, 0.1) is 30.4 Å². The molecule has 0 radical (unpaired) electrons. The highest BCUT2D eigenvalue weighted by atomic mass is 16.7. The van der Waals surface area contributed by atoms with Gasteiger partial charge in [-0.05, 0) is 24.3 Å². The van der Waals surface area contributed by atoms with Crippen molar-refractivity contribution in [2.75, 3.05) is 19.8 Å². The second-order valence-corrected chi connectivity index (χ2v) is 3.47. The summed E-state index contributed by atoms with van der Waals surface area (Å²) in [5.74, 6) is -0.481. The fourth-order valence-electron chi connectivity index (χ4n) is 1.40. The largest absolute Gasteiger partial charge is 0.430 e. The molecule has 1 unspecified atom stereocenters. The van der Waals surface area contributed by atoms with E-state index in [1.165, 1.54) is 0 Å². The first-order valence-electron chi connectivity index (χ1n) is 5.20. The van der Waals surface area contributed by atoms with Crippen LogP contribution in [0.3, 0.4) is 0 Å². The molecule has 0 spiro atoms. The molecule has 5 heteroatoms. The SMILES string of the molecule is N#Cc1ccc(C(=O)OC2COCCO2)cc1. The van der Waals surface area contributed by atoms with Crippen molar-refractivity contribution < 1.29 is 19.0 Å². The Labute approximate surface area is 98.5 Å². The molecule has 1 atom stereocenters. The third-order valence-corrected chi connectivity index (χ3v) is 2.27. The van der Waals surface area contributed by atoms with Gasteiger partial charge in [0.25, 0.3) is 0 Å². The van der Waals surface area contributed by atoms with Crippen LogP contribution >= 0.6 is 0 Å². The van der Waals surface area contributed by atoms with Crippen molar-refractivity contribution in [2.45, 2.75) is 6.29 Å². The van der Waals surface area contributed by atoms with Crippen molar-refractivity contribution in [1.29, 1.82) is 5.26 Å². The maximum absolute atomic E-state index is 11.7. The van der Waals surface area contributed by atoms with Crippen LogP contribution in [0.15, 0.2) is 24.3 Å². The van der Waals surface area contributed by atoms with Crippen LogP contribution in [-0.4, -0.2) is 32.1 Å². The Morgan fingerprint density at radius 1 is 1.35 bits per heavy atom. The van der Waals surface area contributed by atoms with Crippen LogP contribution in [-0.2, 0) is 14.2 Å². The van der Waals surface area contributed by atoms with E-state index < -0.39 is 12.3 Å². The molecule has 0 amide bonds. The maximum Gasteiger partial charge on any atom is 0.340 e. The van der Waals surface area contributed by atoms with Crippen molar-refractivity contribution in [2.24, 2.45) is 0 Å². The standard InChI is InChI=1S/C12H11NO4/c13-7-9-1-3-10(4-2-9)12(14)17-11-8-15-5-6-16-11/h1-4,11H,5-6,8H2. The highest BCUT2D eigenvalue weighted by Crippen LogP contribution is 2.09. The molecular weight excluding hydrogens is 222 g/mol. The first-order chi connectivity index (χ1) is 8.29. The third kappa shape index (κ3) is 3.03. The summed E-state index contributed by atoms with van der Waals surface area (Å²) in [6.07, 6.45) is -0.646. The molecule has 0 N–H and O–H groups in total. The van der Waals surface area contributed by atoms with Crippen LogP contribution in [0, 0.1) is 11.3 Å². The van der Waals surface area contributed by atoms with Crippen LogP contribution in [0.25, 0.3) is 0 Å². The van der Waals surface area contributed by atoms with E-state index >= 15 is 0 Å². The summed E-state index contributed by atoms with van der Waals surface area (Å²) in [6, 6.07) is 8.20. The van der Waals surface area contributed by atoms with E-state index in [2.05, 4.69) is 0 Å². The van der Waals surface area contributed by atoms with Crippen LogP contribution in [0.4, 0.5) is 0 Å². The zero-order valence-corrected chi connectivity index (χ0v) is 9.09. The molecule has 5 nitrogen and oxygen atoms in total. The molecule has 1 aromatic carbocycles. The normalized spacial score (nSPS) is 19.4. The molecule has 17 heavy (non-hydrogen) atoms. The highest BCUT2D eigenvalue weighted by Gasteiger charge is 2.19. The predicted molar refractivity (Wildman–Crippen MR) is 57.1 cm³/mol. The molecule has 1 aliphatic heterocycles. The van der Waals surface area contributed by atoms with Crippen LogP contribution in [0.1, 0.15) is 15.9 Å². The Morgan fingerprint density at radius 3 is 2.71 bits per heavy atom. The number of hydrogen-bond acceptors (Lipinski definition) is 5. The second kappa shape index (κ2) is 5.43. The van der Waals surface area contributed by atoms with Crippen molar-refractivity contribution in [3.05, 3.63) is 35.4 Å². The van der Waals surface area contributed by atoms with E-state index in [1.54, 1.807) is 24.3 Å². The summed E-state index contributed by atoms with van der Waals surface area (Å²) in [4.78, 5) is 11.7. The van der Waals surface area contributed by atoms with Crippen molar-refractivity contribution in [1.82, 2.24) is 0 Å². The van der Waals surface area contributed by atoms with E-state index in [1.807, 2.05) is 6.07 Å². The van der Waals surface area contributed by atoms with E-state index in [9.17, 15) is 4.79 Å². The number of benzene rings is 1. The first kappa shape index (κ1) is 11.6. The lowest BCUT2D eigenvalue weighted by Crippen LogP contribution is -2.32. The minimum absolute atomic E-state index is 0.252. The van der Waals surface area contributed by atoms with Crippen LogP contribution in [0.5, 0.6) is 0 Å². The summed E-state index contributed by atoms with van der Waals surface area (Å²) in [7, 11) is 0. The molecule has 88 valence electrons. The van der Waals surface area contributed by atoms with Gasteiger partial charge in [0.15, 0.2) is 0 Å². The molecule has 0 bridgehead atoms. The van der Waals surface area contributed by atoms with Gasteiger partial charge < -0.3 is 14.2 Å². The molecule has 2 rings (SSSR count). The predicted octanol–water partition coefficient (Wildman–Crippen LogP) is 1.09. The number of hydrogen-bond donors (Lipinski definition) is 0. The van der Waals surface area contributed by atoms with Crippen molar-refractivity contribution >= 4 is 5.97 Å². The van der Waals surface area contributed by atoms with Crippen molar-refractivity contribution in [3.8, 4) is 6.07 Å². The fourth-order valence-corrected chi connectivity index (χ4v) is 1.40. The summed E-state index contributed by atoms with van der Waals surface area (Å²) >= 11 is 0. The number of carbonyl (C=O) groups excluding carboxylic acids is 1. The van der Waals surface area contributed by atoms with Gasteiger partial charge in [0, 0.05) is 0 Å². The quantitative estimate of drug-likeness (QED) is 0.715. The van der Waals surface area contributed by atoms with Crippen LogP contribution in [0.2, 0.25) is 0 Å². The molecule has 1 heterocycles. The van der Waals surface area contributed by atoms with E-state index in [0.29, 0.717) is 24.3 Å². The van der Waals surface area contributed by atoms with Gasteiger partial charge in [0.1, 0.15) is 6.61 Å². The first-order valence-corrected chi connectivity index (χ1v) is 5.20. The van der Waals surface area contributed by atoms with Gasteiger partial charge >= 0.3 is 5.97 Å². The highest BCUT2D eigenvalue weighted by molar-refractivity contribution is 5.89. The molecule has 1 saturated heterocycles. The second-order valence-electron chi connectivity index (χ2n) is 3.47. The van der Waals surface area contributed by atoms with E-state index in [0.717, 1.165) is 0 Å². The number of nitrogens with zero attached hydrogens (tertiary/aromatic N) is 1. The number of rotatable bonds is 2. The lowest BCUT2D eigenvalue weighted by Gasteiger charge is -2.22. The maximum atomic E-state index is 11.7. The van der Waals surface area contributed by atoms with Crippen molar-refractivity contribution in [3.63, 3.8) is 0 Å². The zero-order chi connectivity index (χ0) is 12.1. The topological polar surface area (TPSA) is 68.6 Å². The molecule has 1 aliphatic rings. The number of carbonyl (C=O) groups is 1. The molecule has 1 aromatic rings. The minimum atomic E-state index is -0.646. The minimum Gasteiger partial charge on any atom is -0.430 e. The molecular formula is C12H11NO4. The van der Waals surface area contributed by atoms with Gasteiger partial charge in [-0.3, -0.25) is 0 Å². The van der Waals surface area contributed by atoms with Crippen LogP contribution < -0.4 is 0 Å². The summed E-state index contributed by atoms with van der Waals surface area (Å²) < 4.78 is 15.4. The fraction of sp³-hybridized carbons (Fsp3) is 0.333. The smallest absolute Gasteiger partial charge is 0.340 e. The third-order valence-electron chi connectivity index (χ3n) is 2.27. The lowest BCUT2D eigenvalue weighted by molar-refractivity contribution is -0.186. The summed E-state index contributed by atoms with van der Waals surface area (Å²) in [5.41, 5.74) is 0.886. The Kier molecular flexibility index (Phi) is 3.70. The van der Waals surface area contributed by atoms with Gasteiger partial charge in [-0.1, -0.05) is 0 Å². The van der Waals surface area contributed by atoms with Gasteiger partial charge in [-0.15, -0.1) is 0 Å². The average Bonchev–Trinajstić information content (AvgIpc) is 2.40. The van der Waals surface area contributed by atoms with Gasteiger partial charge in [-0.25, -0.2) is 4.79 Å². The summed E-state index contributed by atoms with van der Waals surface area (Å²) in [6.45, 7) is 1.19. The summed E-state index contributed by atoms with van der Waals surface area (Å²) in [5, 5.41) is 8.63. The number of ether oxygens (including phenoxy) is 3. The number of nitriles is 1. The Hall–Kier alpha value is -1.90. The zero-order valence-electron chi connectivity index (χ0n) is 9.09. The average molecular weight is 233 g/mol. The monoisotopic (exact) mass is 233 g/mol. The van der Waals surface area contributed by atoms with E-state index in [-0.39, 0.29) is 6.61 Å². The Balaban J connectivity index is 1.96. The lowest BCUT2D eigenvalue weighted by atomic mass is 10.1. The van der Waals surface area contributed by atoms with Gasteiger partial charge in [-0.2, -0.15) is 5.26 Å².